The third kappa shape index (κ3) is 8.66. The average Bonchev–Trinajstić information content (AvgIpc) is 2.85. The molecule has 1 aliphatic carbocycles. The lowest BCUT2D eigenvalue weighted by atomic mass is 9.89. The van der Waals surface area contributed by atoms with Crippen LogP contribution < -0.4 is 0 Å². The standard InChI is InChI=1S/C20H34O5/c1-2-3-4-5-6-7-10-16-17(19(23)14-18(16)22)13-12-15(21)9-8-11-20(24)25/h6-7,12-13,15-19,21-23H,2-5,8-11,14H2,1H3,(H,24,25)/b7-6-,13-12+/t15-,16+,17-,18+,19-/m0/s1/i4D2,5D2. The molecule has 0 radical (unpaired) electrons. The van der Waals surface area contributed by atoms with Gasteiger partial charge in [-0.05, 0) is 37.9 Å². The minimum atomic E-state index is -2.14. The van der Waals surface area contributed by atoms with Gasteiger partial charge in [0, 0.05) is 24.2 Å². The lowest BCUT2D eigenvalue weighted by Gasteiger charge is -2.19. The first kappa shape index (κ1) is 16.0. The van der Waals surface area contributed by atoms with Crippen LogP contribution in [0.4, 0.5) is 0 Å². The van der Waals surface area contributed by atoms with E-state index < -0.39 is 42.9 Å². The van der Waals surface area contributed by atoms with E-state index in [4.69, 9.17) is 10.6 Å². The van der Waals surface area contributed by atoms with Crippen molar-refractivity contribution >= 4 is 5.97 Å². The number of hydrogen-bond donors (Lipinski definition) is 4. The molecule has 0 aromatic heterocycles. The summed E-state index contributed by atoms with van der Waals surface area (Å²) in [5, 5.41) is 39.1. The van der Waals surface area contributed by atoms with Gasteiger partial charge in [-0.1, -0.05) is 44.1 Å². The highest BCUT2D eigenvalue weighted by Crippen LogP contribution is 2.36. The Balaban J connectivity index is 2.73. The Labute approximate surface area is 156 Å². The van der Waals surface area contributed by atoms with Crippen molar-refractivity contribution in [3.63, 3.8) is 0 Å². The fraction of sp³-hybridized carbons (Fsp3) is 0.750. The molecule has 144 valence electrons. The van der Waals surface area contributed by atoms with Crippen molar-refractivity contribution in [2.24, 2.45) is 11.8 Å². The highest BCUT2D eigenvalue weighted by molar-refractivity contribution is 5.66. The third-order valence-electron chi connectivity index (χ3n) is 4.45. The van der Waals surface area contributed by atoms with Gasteiger partial charge in [0.25, 0.3) is 0 Å². The fourth-order valence-electron chi connectivity index (χ4n) is 3.06. The zero-order valence-electron chi connectivity index (χ0n) is 18.8. The number of aliphatic hydroxyl groups is 3. The molecule has 25 heavy (non-hydrogen) atoms. The molecule has 0 saturated heterocycles. The minimum Gasteiger partial charge on any atom is -0.481 e. The van der Waals surface area contributed by atoms with Crippen LogP contribution in [0.15, 0.2) is 24.3 Å². The zero-order valence-corrected chi connectivity index (χ0v) is 14.8. The molecule has 0 amide bonds. The summed E-state index contributed by atoms with van der Waals surface area (Å²) < 4.78 is 31.8. The first-order chi connectivity index (χ1) is 13.4. The minimum absolute atomic E-state index is 0.0311. The first-order valence-electron chi connectivity index (χ1n) is 11.0. The van der Waals surface area contributed by atoms with E-state index in [2.05, 4.69) is 0 Å². The van der Waals surface area contributed by atoms with E-state index in [0.29, 0.717) is 12.8 Å². The molecule has 0 aliphatic heterocycles. The highest BCUT2D eigenvalue weighted by atomic mass is 16.4. The van der Waals surface area contributed by atoms with Crippen LogP contribution in [0.5, 0.6) is 0 Å². The van der Waals surface area contributed by atoms with Gasteiger partial charge in [-0.15, -0.1) is 0 Å². The van der Waals surface area contributed by atoms with Crippen molar-refractivity contribution in [3.05, 3.63) is 24.3 Å². The normalized spacial score (nSPS) is 31.7. The molecule has 5 atom stereocenters. The second kappa shape index (κ2) is 12.2. The van der Waals surface area contributed by atoms with Gasteiger partial charge in [0.2, 0.25) is 0 Å². The van der Waals surface area contributed by atoms with Crippen LogP contribution in [0.2, 0.25) is 0 Å². The summed E-state index contributed by atoms with van der Waals surface area (Å²) in [6.07, 6.45) is 0.936. The zero-order chi connectivity index (χ0) is 22.2. The van der Waals surface area contributed by atoms with Crippen LogP contribution in [0.3, 0.4) is 0 Å². The number of aliphatic carboxylic acids is 1. The third-order valence-corrected chi connectivity index (χ3v) is 4.45. The summed E-state index contributed by atoms with van der Waals surface area (Å²) in [7, 11) is 0. The van der Waals surface area contributed by atoms with E-state index in [9.17, 15) is 20.1 Å². The molecule has 0 heterocycles. The lowest BCUT2D eigenvalue weighted by molar-refractivity contribution is -0.137. The average molecular weight is 359 g/mol. The van der Waals surface area contributed by atoms with Gasteiger partial charge in [0.05, 0.1) is 18.3 Å². The van der Waals surface area contributed by atoms with Crippen molar-refractivity contribution in [3.8, 4) is 0 Å². The molecule has 5 nitrogen and oxygen atoms in total. The summed E-state index contributed by atoms with van der Waals surface area (Å²) >= 11 is 0. The van der Waals surface area contributed by atoms with E-state index in [1.165, 1.54) is 18.2 Å². The van der Waals surface area contributed by atoms with Crippen molar-refractivity contribution in [2.75, 3.05) is 0 Å². The topological polar surface area (TPSA) is 98.0 Å². The van der Waals surface area contributed by atoms with Crippen LogP contribution in [-0.4, -0.2) is 44.7 Å². The highest BCUT2D eigenvalue weighted by Gasteiger charge is 2.39. The molecule has 5 heteroatoms. The number of carbonyl (C=O) groups is 1. The molecule has 1 rings (SSSR count). The second-order valence-corrected chi connectivity index (χ2v) is 6.56. The summed E-state index contributed by atoms with van der Waals surface area (Å²) in [6.45, 7) is 1.79. The molecule has 1 fully saturated rings. The molecule has 1 saturated carbocycles. The lowest BCUT2D eigenvalue weighted by Crippen LogP contribution is -2.20. The number of aliphatic hydroxyl groups excluding tert-OH is 3. The van der Waals surface area contributed by atoms with Gasteiger partial charge in [-0.3, -0.25) is 4.79 Å². The van der Waals surface area contributed by atoms with E-state index in [-0.39, 0.29) is 38.0 Å². The molecule has 0 aromatic carbocycles. The van der Waals surface area contributed by atoms with E-state index in [1.54, 1.807) is 13.0 Å². The van der Waals surface area contributed by atoms with Crippen molar-refractivity contribution < 1.29 is 30.7 Å². The van der Waals surface area contributed by atoms with Gasteiger partial charge in [0.1, 0.15) is 0 Å². The number of carboxylic acids is 1. The van der Waals surface area contributed by atoms with Gasteiger partial charge < -0.3 is 20.4 Å². The Bertz CT molecular complexity index is 579. The maximum Gasteiger partial charge on any atom is 0.303 e. The molecule has 1 aliphatic rings. The van der Waals surface area contributed by atoms with Crippen molar-refractivity contribution in [1.29, 1.82) is 0 Å². The molecule has 0 aromatic rings. The maximum absolute atomic E-state index is 10.5. The van der Waals surface area contributed by atoms with Gasteiger partial charge >= 0.3 is 5.97 Å². The smallest absolute Gasteiger partial charge is 0.303 e. The van der Waals surface area contributed by atoms with Gasteiger partial charge in [-0.25, -0.2) is 0 Å². The van der Waals surface area contributed by atoms with E-state index >= 15 is 0 Å². The predicted octanol–water partition coefficient (Wildman–Crippen LogP) is 3.04. The number of hydrogen-bond acceptors (Lipinski definition) is 4. The second-order valence-electron chi connectivity index (χ2n) is 6.56. The van der Waals surface area contributed by atoms with Crippen LogP contribution in [-0.2, 0) is 4.79 Å². The number of rotatable bonds is 12. The molecule has 0 unspecified atom stereocenters. The predicted molar refractivity (Wildman–Crippen MR) is 98.1 cm³/mol. The summed E-state index contributed by atoms with van der Waals surface area (Å²) in [5.41, 5.74) is 0. The molecule has 4 N–H and O–H groups in total. The SMILES string of the molecule is [2H]C([2H])(/C=C\C[C@@H]1[C@H](/C=C/[C@@H](O)CCCC(=O)O)[C@@H](O)C[C@H]1O)C([2H])([2H])CCC. The number of carboxylic acid groups (broad SMARTS) is 1. The Morgan fingerprint density at radius 3 is 2.72 bits per heavy atom. The Morgan fingerprint density at radius 2 is 2.04 bits per heavy atom. The molecular weight excluding hydrogens is 320 g/mol. The molecule has 0 spiro atoms. The maximum atomic E-state index is 10.5. The van der Waals surface area contributed by atoms with Gasteiger partial charge in [0.15, 0.2) is 0 Å². The quantitative estimate of drug-likeness (QED) is 0.402. The monoisotopic (exact) mass is 358 g/mol. The van der Waals surface area contributed by atoms with Crippen LogP contribution in [0.25, 0.3) is 0 Å². The molecule has 0 bridgehead atoms. The summed E-state index contributed by atoms with van der Waals surface area (Å²) in [4.78, 5) is 10.5. The van der Waals surface area contributed by atoms with Crippen LogP contribution >= 0.6 is 0 Å². The van der Waals surface area contributed by atoms with Crippen molar-refractivity contribution in [1.82, 2.24) is 0 Å². The van der Waals surface area contributed by atoms with E-state index in [1.807, 2.05) is 0 Å². The Morgan fingerprint density at radius 1 is 1.28 bits per heavy atom. The largest absolute Gasteiger partial charge is 0.481 e. The van der Waals surface area contributed by atoms with Gasteiger partial charge in [-0.2, -0.15) is 0 Å². The molecular formula is C20H34O5. The summed E-state index contributed by atoms with van der Waals surface area (Å²) in [6, 6.07) is 0. The van der Waals surface area contributed by atoms with E-state index in [0.717, 1.165) is 0 Å². The van der Waals surface area contributed by atoms with Crippen LogP contribution in [0, 0.1) is 11.8 Å². The Hall–Kier alpha value is -1.17. The van der Waals surface area contributed by atoms with Crippen LogP contribution in [0.1, 0.15) is 70.1 Å². The Kier molecular flexibility index (Phi) is 7.84. The first-order valence-corrected chi connectivity index (χ1v) is 9.03. The summed E-state index contributed by atoms with van der Waals surface area (Å²) in [5.74, 6) is -1.73. The van der Waals surface area contributed by atoms with Crippen molar-refractivity contribution in [2.45, 2.75) is 82.9 Å². The fourth-order valence-corrected chi connectivity index (χ4v) is 3.06. The number of allylic oxidation sites excluding steroid dienone is 2.